The minimum atomic E-state index is -0.00984. The van der Waals surface area contributed by atoms with Crippen molar-refractivity contribution < 1.29 is 9.59 Å². The van der Waals surface area contributed by atoms with Gasteiger partial charge in [0.05, 0.1) is 5.75 Å². The summed E-state index contributed by atoms with van der Waals surface area (Å²) < 4.78 is 0. The maximum atomic E-state index is 11.2. The third-order valence-electron chi connectivity index (χ3n) is 2.92. The molecule has 1 aliphatic rings. The Labute approximate surface area is 102 Å². The first-order valence-electron chi connectivity index (χ1n) is 5.85. The largest absolute Gasteiger partial charge is 0.353 e. The van der Waals surface area contributed by atoms with Crippen LogP contribution in [0, 0.1) is 0 Å². The lowest BCUT2D eigenvalue weighted by Crippen LogP contribution is -2.44. The number of hydrogen-bond acceptors (Lipinski definition) is 3. The van der Waals surface area contributed by atoms with Crippen LogP contribution in [0.15, 0.2) is 0 Å². The number of carbonyl (C=O) groups is 2. The number of amides is 2. The fourth-order valence-corrected chi connectivity index (χ4v) is 2.08. The lowest BCUT2D eigenvalue weighted by Gasteiger charge is -2.29. The number of rotatable bonds is 4. The first-order valence-corrected chi connectivity index (χ1v) is 6.48. The van der Waals surface area contributed by atoms with Gasteiger partial charge in [-0.05, 0) is 25.7 Å². The SMILES string of the molecule is CCC(=O)NC1CCC(NC(=O)CS)CC1. The van der Waals surface area contributed by atoms with Crippen molar-refractivity contribution >= 4 is 24.4 Å². The number of hydrogen-bond donors (Lipinski definition) is 3. The zero-order chi connectivity index (χ0) is 12.0. The van der Waals surface area contributed by atoms with Gasteiger partial charge in [-0.15, -0.1) is 0 Å². The molecule has 16 heavy (non-hydrogen) atoms. The van der Waals surface area contributed by atoms with E-state index < -0.39 is 0 Å². The van der Waals surface area contributed by atoms with Gasteiger partial charge in [-0.3, -0.25) is 9.59 Å². The van der Waals surface area contributed by atoms with E-state index in [1.54, 1.807) is 0 Å². The van der Waals surface area contributed by atoms with E-state index in [-0.39, 0.29) is 29.7 Å². The van der Waals surface area contributed by atoms with Gasteiger partial charge < -0.3 is 10.6 Å². The minimum Gasteiger partial charge on any atom is -0.353 e. The van der Waals surface area contributed by atoms with Crippen LogP contribution in [0.5, 0.6) is 0 Å². The monoisotopic (exact) mass is 244 g/mol. The Morgan fingerprint density at radius 2 is 1.50 bits per heavy atom. The van der Waals surface area contributed by atoms with Crippen LogP contribution in [-0.2, 0) is 9.59 Å². The van der Waals surface area contributed by atoms with Crippen LogP contribution in [0.4, 0.5) is 0 Å². The van der Waals surface area contributed by atoms with Gasteiger partial charge in [-0.25, -0.2) is 0 Å². The highest BCUT2D eigenvalue weighted by atomic mass is 32.1. The molecule has 0 bridgehead atoms. The predicted molar refractivity (Wildman–Crippen MR) is 66.5 cm³/mol. The summed E-state index contributed by atoms with van der Waals surface area (Å²) in [4.78, 5) is 22.3. The van der Waals surface area contributed by atoms with E-state index in [0.717, 1.165) is 25.7 Å². The molecule has 0 radical (unpaired) electrons. The third kappa shape index (κ3) is 4.43. The molecule has 5 heteroatoms. The van der Waals surface area contributed by atoms with Crippen molar-refractivity contribution in [2.24, 2.45) is 0 Å². The first-order chi connectivity index (χ1) is 7.65. The summed E-state index contributed by atoms with van der Waals surface area (Å²) in [6, 6.07) is 0.547. The lowest BCUT2D eigenvalue weighted by molar-refractivity contribution is -0.122. The van der Waals surface area contributed by atoms with Gasteiger partial charge in [0.15, 0.2) is 0 Å². The molecule has 0 unspecified atom stereocenters. The molecule has 2 amide bonds. The quantitative estimate of drug-likeness (QED) is 0.643. The van der Waals surface area contributed by atoms with Crippen molar-refractivity contribution in [1.29, 1.82) is 0 Å². The molecular weight excluding hydrogens is 224 g/mol. The van der Waals surface area contributed by atoms with Gasteiger partial charge in [0, 0.05) is 18.5 Å². The smallest absolute Gasteiger partial charge is 0.229 e. The van der Waals surface area contributed by atoms with Gasteiger partial charge in [0.1, 0.15) is 0 Å². The standard InChI is InChI=1S/C11H20N2O2S/c1-2-10(14)12-8-3-5-9(6-4-8)13-11(15)7-16/h8-9,16H,2-7H2,1H3,(H,12,14)(H,13,15). The number of thiol groups is 1. The second-order valence-electron chi connectivity index (χ2n) is 4.20. The zero-order valence-electron chi connectivity index (χ0n) is 9.66. The summed E-state index contributed by atoms with van der Waals surface area (Å²) in [7, 11) is 0. The van der Waals surface area contributed by atoms with E-state index in [1.165, 1.54) is 0 Å². The summed E-state index contributed by atoms with van der Waals surface area (Å²) in [6.07, 6.45) is 4.31. The van der Waals surface area contributed by atoms with E-state index in [4.69, 9.17) is 0 Å². The summed E-state index contributed by atoms with van der Waals surface area (Å²) in [5.74, 6) is 0.346. The van der Waals surface area contributed by atoms with Crippen molar-refractivity contribution in [3.63, 3.8) is 0 Å². The second kappa shape index (κ2) is 6.78. The Kier molecular flexibility index (Phi) is 5.66. The van der Waals surface area contributed by atoms with Crippen molar-refractivity contribution in [3.05, 3.63) is 0 Å². The molecule has 0 atom stereocenters. The predicted octanol–water partition coefficient (Wildman–Crippen LogP) is 0.870. The minimum absolute atomic E-state index is 0.00984. The molecule has 1 aliphatic carbocycles. The Bertz CT molecular complexity index is 224. The van der Waals surface area contributed by atoms with Crippen molar-refractivity contribution in [2.45, 2.75) is 51.1 Å². The third-order valence-corrected chi connectivity index (χ3v) is 3.21. The fraction of sp³-hybridized carbons (Fsp3) is 0.818. The van der Waals surface area contributed by atoms with Gasteiger partial charge in [0.25, 0.3) is 0 Å². The summed E-state index contributed by atoms with van der Waals surface area (Å²) >= 11 is 3.92. The Balaban J connectivity index is 2.23. The van der Waals surface area contributed by atoms with Crippen LogP contribution in [0.3, 0.4) is 0 Å². The second-order valence-corrected chi connectivity index (χ2v) is 4.51. The van der Waals surface area contributed by atoms with Crippen LogP contribution >= 0.6 is 12.6 Å². The van der Waals surface area contributed by atoms with Crippen LogP contribution in [0.25, 0.3) is 0 Å². The van der Waals surface area contributed by atoms with Crippen LogP contribution in [0.1, 0.15) is 39.0 Å². The molecule has 0 heterocycles. The summed E-state index contributed by atoms with van der Waals surface area (Å²) in [5, 5.41) is 5.92. The van der Waals surface area contributed by atoms with E-state index in [9.17, 15) is 9.59 Å². The van der Waals surface area contributed by atoms with E-state index in [2.05, 4.69) is 23.3 Å². The Hall–Kier alpha value is -0.710. The maximum Gasteiger partial charge on any atom is 0.229 e. The summed E-state index contributed by atoms with van der Waals surface area (Å²) in [5.41, 5.74) is 0. The molecule has 1 fully saturated rings. The lowest BCUT2D eigenvalue weighted by atomic mass is 9.91. The molecule has 92 valence electrons. The topological polar surface area (TPSA) is 58.2 Å². The van der Waals surface area contributed by atoms with E-state index >= 15 is 0 Å². The number of nitrogens with one attached hydrogen (secondary N) is 2. The van der Waals surface area contributed by atoms with Crippen LogP contribution in [0.2, 0.25) is 0 Å². The Morgan fingerprint density at radius 3 is 1.88 bits per heavy atom. The van der Waals surface area contributed by atoms with Gasteiger partial charge >= 0.3 is 0 Å². The highest BCUT2D eigenvalue weighted by Crippen LogP contribution is 2.18. The average Bonchev–Trinajstić information content (AvgIpc) is 2.31. The van der Waals surface area contributed by atoms with Gasteiger partial charge in [0.2, 0.25) is 11.8 Å². The normalized spacial score (nSPS) is 24.9. The zero-order valence-corrected chi connectivity index (χ0v) is 10.6. The van der Waals surface area contributed by atoms with E-state index in [1.807, 2.05) is 6.92 Å². The van der Waals surface area contributed by atoms with E-state index in [0.29, 0.717) is 6.42 Å². The molecule has 0 aromatic rings. The van der Waals surface area contributed by atoms with Gasteiger partial charge in [-0.2, -0.15) is 12.6 Å². The van der Waals surface area contributed by atoms with Crippen LogP contribution in [-0.4, -0.2) is 29.7 Å². The van der Waals surface area contributed by atoms with Crippen molar-refractivity contribution in [3.8, 4) is 0 Å². The summed E-state index contributed by atoms with van der Waals surface area (Å²) in [6.45, 7) is 1.86. The molecule has 0 aromatic heterocycles. The Morgan fingerprint density at radius 1 is 1.06 bits per heavy atom. The molecule has 0 saturated heterocycles. The van der Waals surface area contributed by atoms with Crippen LogP contribution < -0.4 is 10.6 Å². The number of carbonyl (C=O) groups excluding carboxylic acids is 2. The fourth-order valence-electron chi connectivity index (χ4n) is 1.99. The molecule has 0 aromatic carbocycles. The van der Waals surface area contributed by atoms with Crippen molar-refractivity contribution in [1.82, 2.24) is 10.6 Å². The highest BCUT2D eigenvalue weighted by Gasteiger charge is 2.22. The molecule has 4 nitrogen and oxygen atoms in total. The molecule has 2 N–H and O–H groups in total. The molecule has 0 aliphatic heterocycles. The molecule has 1 saturated carbocycles. The molecule has 0 spiro atoms. The molecular formula is C11H20N2O2S. The first kappa shape index (κ1) is 13.4. The molecule has 1 rings (SSSR count). The highest BCUT2D eigenvalue weighted by molar-refractivity contribution is 7.81. The average molecular weight is 244 g/mol. The maximum absolute atomic E-state index is 11.2. The van der Waals surface area contributed by atoms with Gasteiger partial charge in [-0.1, -0.05) is 6.92 Å². The van der Waals surface area contributed by atoms with Crippen molar-refractivity contribution in [2.75, 3.05) is 5.75 Å².